The van der Waals surface area contributed by atoms with Crippen LogP contribution in [0.5, 0.6) is 11.5 Å². The second-order valence-electron chi connectivity index (χ2n) is 9.10. The summed E-state index contributed by atoms with van der Waals surface area (Å²) < 4.78 is 97.4. The lowest BCUT2D eigenvalue weighted by molar-refractivity contribution is 0.313. The molecule has 202 valence electrons. The van der Waals surface area contributed by atoms with E-state index >= 15 is 4.39 Å². The van der Waals surface area contributed by atoms with E-state index in [1.165, 1.54) is 36.4 Å². The van der Waals surface area contributed by atoms with E-state index in [2.05, 4.69) is 0 Å². The highest BCUT2D eigenvalue weighted by atomic mass is 19.2. The van der Waals surface area contributed by atoms with Crippen LogP contribution >= 0.6 is 0 Å². The van der Waals surface area contributed by atoms with Gasteiger partial charge in [0.25, 0.3) is 0 Å². The van der Waals surface area contributed by atoms with E-state index in [9.17, 15) is 22.0 Å². The molecule has 0 amide bonds. The molecule has 0 spiro atoms. The van der Waals surface area contributed by atoms with Crippen LogP contribution in [0, 0.1) is 34.9 Å². The Morgan fingerprint density at radius 1 is 0.658 bits per heavy atom. The topological polar surface area (TPSA) is 18.5 Å². The van der Waals surface area contributed by atoms with Crippen LogP contribution < -0.4 is 9.47 Å². The molecule has 38 heavy (non-hydrogen) atoms. The van der Waals surface area contributed by atoms with Crippen LogP contribution in [0.4, 0.5) is 26.3 Å². The Labute approximate surface area is 217 Å². The van der Waals surface area contributed by atoms with Gasteiger partial charge in [-0.1, -0.05) is 24.3 Å². The zero-order valence-corrected chi connectivity index (χ0v) is 21.2. The van der Waals surface area contributed by atoms with E-state index in [0.717, 1.165) is 0 Å². The first-order valence-corrected chi connectivity index (χ1v) is 12.6. The molecular formula is C30H28F6O2. The lowest BCUT2D eigenvalue weighted by Crippen LogP contribution is -2.10. The van der Waals surface area contributed by atoms with Crippen molar-refractivity contribution < 1.29 is 35.8 Å². The molecule has 1 atom stereocenters. The predicted molar refractivity (Wildman–Crippen MR) is 133 cm³/mol. The average molecular weight is 535 g/mol. The van der Waals surface area contributed by atoms with Gasteiger partial charge in [0.05, 0.1) is 13.2 Å². The Bertz CT molecular complexity index is 1350. The molecule has 8 heteroatoms. The van der Waals surface area contributed by atoms with E-state index in [1.54, 1.807) is 19.9 Å². The zero-order valence-electron chi connectivity index (χ0n) is 21.2. The summed E-state index contributed by atoms with van der Waals surface area (Å²) in [5.74, 6) is -6.92. The average Bonchev–Trinajstić information content (AvgIpc) is 2.92. The molecule has 0 aliphatic heterocycles. The highest BCUT2D eigenvalue weighted by Crippen LogP contribution is 2.39. The molecule has 0 aromatic heterocycles. The number of ether oxygens (including phenoxy) is 2. The van der Waals surface area contributed by atoms with E-state index in [1.807, 2.05) is 0 Å². The van der Waals surface area contributed by atoms with Gasteiger partial charge in [-0.25, -0.2) is 17.6 Å². The minimum atomic E-state index is -1.11. The van der Waals surface area contributed by atoms with Gasteiger partial charge in [-0.15, -0.1) is 0 Å². The molecule has 2 nitrogen and oxygen atoms in total. The molecule has 1 unspecified atom stereocenters. The summed E-state index contributed by atoms with van der Waals surface area (Å²) in [5.41, 5.74) is 1.02. The van der Waals surface area contributed by atoms with Gasteiger partial charge >= 0.3 is 0 Å². The Balaban J connectivity index is 1.47. The standard InChI is InChI=1S/C30H28F6O2/c1-3-37-23-15-12-20(26(32)29(23)35)10-9-19-11-13-21(27(33)25(19)31)17-5-7-18(8-6-17)22-14-16-24(38-4-2)30(36)28(22)34/h7,11-17H,3-6,8-10H2,1-2H3. The molecule has 1 aliphatic carbocycles. The SMILES string of the molecule is CCOc1ccc(CCc2ccc(C3CC=C(c4ccc(OCC)c(F)c4F)CC3)c(F)c2F)c(F)c1F. The van der Waals surface area contributed by atoms with E-state index in [-0.39, 0.29) is 65.7 Å². The van der Waals surface area contributed by atoms with Crippen molar-refractivity contribution in [3.63, 3.8) is 0 Å². The van der Waals surface area contributed by atoms with Crippen molar-refractivity contribution in [3.8, 4) is 11.5 Å². The largest absolute Gasteiger partial charge is 0.491 e. The van der Waals surface area contributed by atoms with Gasteiger partial charge in [-0.2, -0.15) is 8.78 Å². The number of halogens is 6. The Morgan fingerprint density at radius 3 is 1.79 bits per heavy atom. The third-order valence-electron chi connectivity index (χ3n) is 6.83. The molecule has 0 saturated heterocycles. The summed E-state index contributed by atoms with van der Waals surface area (Å²) in [6.45, 7) is 3.71. The van der Waals surface area contributed by atoms with Crippen LogP contribution in [0.1, 0.15) is 61.3 Å². The first kappa shape index (κ1) is 27.6. The Kier molecular flexibility index (Phi) is 8.69. The number of aryl methyl sites for hydroxylation is 2. The number of allylic oxidation sites excluding steroid dienone is 2. The van der Waals surface area contributed by atoms with Gasteiger partial charge in [-0.05, 0) is 92.3 Å². The fraction of sp³-hybridized carbons (Fsp3) is 0.333. The maximum absolute atomic E-state index is 15.0. The summed E-state index contributed by atoms with van der Waals surface area (Å²) in [6, 6.07) is 8.49. The molecular weight excluding hydrogens is 506 g/mol. The summed E-state index contributed by atoms with van der Waals surface area (Å²) in [4.78, 5) is 0. The van der Waals surface area contributed by atoms with E-state index in [0.29, 0.717) is 24.8 Å². The number of rotatable bonds is 9. The van der Waals surface area contributed by atoms with Gasteiger partial charge in [0.1, 0.15) is 0 Å². The Morgan fingerprint density at radius 2 is 1.21 bits per heavy atom. The van der Waals surface area contributed by atoms with E-state index in [4.69, 9.17) is 9.47 Å². The highest BCUT2D eigenvalue weighted by Gasteiger charge is 2.25. The lowest BCUT2D eigenvalue weighted by atomic mass is 9.82. The van der Waals surface area contributed by atoms with E-state index < -0.39 is 34.9 Å². The first-order valence-electron chi connectivity index (χ1n) is 12.6. The third-order valence-corrected chi connectivity index (χ3v) is 6.83. The number of benzene rings is 3. The third kappa shape index (κ3) is 5.54. The van der Waals surface area contributed by atoms with Gasteiger partial charge in [0, 0.05) is 5.56 Å². The maximum Gasteiger partial charge on any atom is 0.201 e. The summed E-state index contributed by atoms with van der Waals surface area (Å²) in [7, 11) is 0. The molecule has 0 radical (unpaired) electrons. The maximum atomic E-state index is 15.0. The van der Waals surface area contributed by atoms with Crippen LogP contribution in [0.2, 0.25) is 0 Å². The van der Waals surface area contributed by atoms with Crippen LogP contribution in [0.25, 0.3) is 5.57 Å². The van der Waals surface area contributed by atoms with Crippen molar-refractivity contribution in [2.75, 3.05) is 13.2 Å². The van der Waals surface area contributed by atoms with Gasteiger partial charge in [0.15, 0.2) is 34.8 Å². The smallest absolute Gasteiger partial charge is 0.201 e. The van der Waals surface area contributed by atoms with Crippen molar-refractivity contribution >= 4 is 5.57 Å². The van der Waals surface area contributed by atoms with Crippen LogP contribution in [0.15, 0.2) is 42.5 Å². The zero-order chi connectivity index (χ0) is 27.4. The fourth-order valence-corrected chi connectivity index (χ4v) is 4.82. The van der Waals surface area contributed by atoms with Crippen LogP contribution in [-0.2, 0) is 12.8 Å². The lowest BCUT2D eigenvalue weighted by Gasteiger charge is -2.24. The number of hydrogen-bond acceptors (Lipinski definition) is 2. The van der Waals surface area contributed by atoms with Crippen molar-refractivity contribution in [2.45, 2.75) is 51.9 Å². The van der Waals surface area contributed by atoms with Crippen molar-refractivity contribution in [3.05, 3.63) is 99.6 Å². The predicted octanol–water partition coefficient (Wildman–Crippen LogP) is 8.45. The minimum Gasteiger partial charge on any atom is -0.491 e. The molecule has 0 saturated carbocycles. The molecule has 0 heterocycles. The fourth-order valence-electron chi connectivity index (χ4n) is 4.82. The van der Waals surface area contributed by atoms with Crippen molar-refractivity contribution in [1.82, 2.24) is 0 Å². The monoisotopic (exact) mass is 534 g/mol. The molecule has 0 fully saturated rings. The molecule has 3 aromatic rings. The second-order valence-corrected chi connectivity index (χ2v) is 9.10. The first-order chi connectivity index (χ1) is 18.3. The molecule has 3 aromatic carbocycles. The molecule has 0 bridgehead atoms. The Hall–Kier alpha value is -3.42. The van der Waals surface area contributed by atoms with Crippen molar-refractivity contribution in [2.24, 2.45) is 0 Å². The molecule has 4 rings (SSSR count). The van der Waals surface area contributed by atoms with Crippen molar-refractivity contribution in [1.29, 1.82) is 0 Å². The summed E-state index contributed by atoms with van der Waals surface area (Å²) in [6.07, 6.45) is 2.79. The second kappa shape index (κ2) is 12.0. The number of hydrogen-bond donors (Lipinski definition) is 0. The molecule has 0 N–H and O–H groups in total. The summed E-state index contributed by atoms with van der Waals surface area (Å²) >= 11 is 0. The summed E-state index contributed by atoms with van der Waals surface area (Å²) in [5, 5.41) is 0. The van der Waals surface area contributed by atoms with Crippen LogP contribution in [-0.4, -0.2) is 13.2 Å². The quantitative estimate of drug-likeness (QED) is 0.257. The minimum absolute atomic E-state index is 0.0231. The normalized spacial score (nSPS) is 15.4. The van der Waals surface area contributed by atoms with Crippen LogP contribution in [0.3, 0.4) is 0 Å². The highest BCUT2D eigenvalue weighted by molar-refractivity contribution is 5.68. The molecule has 1 aliphatic rings. The van der Waals surface area contributed by atoms with Gasteiger partial charge in [-0.3, -0.25) is 0 Å². The van der Waals surface area contributed by atoms with Gasteiger partial charge < -0.3 is 9.47 Å². The van der Waals surface area contributed by atoms with Gasteiger partial charge in [0.2, 0.25) is 11.6 Å².